The summed E-state index contributed by atoms with van der Waals surface area (Å²) in [4.78, 5) is 36.4. The third-order valence-electron chi connectivity index (χ3n) is 2.74. The van der Waals surface area contributed by atoms with E-state index in [9.17, 15) is 14.4 Å². The summed E-state index contributed by atoms with van der Waals surface area (Å²) in [5.41, 5.74) is -0.372. The maximum absolute atomic E-state index is 12.5. The van der Waals surface area contributed by atoms with Gasteiger partial charge in [0.25, 0.3) is 0 Å². The Morgan fingerprint density at radius 3 is 2.18 bits per heavy atom. The normalized spacial score (nSPS) is 12.4. The fraction of sp³-hybridized carbons (Fsp3) is 0.471. The van der Waals surface area contributed by atoms with E-state index in [1.54, 1.807) is 58.0 Å². The lowest BCUT2D eigenvalue weighted by atomic mass is 9.94. The van der Waals surface area contributed by atoms with Crippen LogP contribution < -0.4 is 0 Å². The van der Waals surface area contributed by atoms with Crippen LogP contribution in [0.15, 0.2) is 30.3 Å². The first-order valence-electron chi connectivity index (χ1n) is 7.22. The molecule has 120 valence electrons. The van der Waals surface area contributed by atoms with Gasteiger partial charge in [-0.3, -0.25) is 14.4 Å². The Morgan fingerprint density at radius 2 is 1.68 bits per heavy atom. The van der Waals surface area contributed by atoms with Gasteiger partial charge in [-0.15, -0.1) is 0 Å². The topological polar surface area (TPSA) is 69.7 Å². The van der Waals surface area contributed by atoms with Crippen LogP contribution in [-0.2, 0) is 19.1 Å². The summed E-state index contributed by atoms with van der Waals surface area (Å²) in [5.74, 6) is -2.94. The molecule has 0 amide bonds. The molecule has 22 heavy (non-hydrogen) atoms. The quantitative estimate of drug-likeness (QED) is 0.459. The van der Waals surface area contributed by atoms with Crippen molar-refractivity contribution in [3.8, 4) is 0 Å². The minimum absolute atomic E-state index is 0.194. The lowest BCUT2D eigenvalue weighted by molar-refractivity contribution is -0.161. The van der Waals surface area contributed by atoms with Crippen molar-refractivity contribution in [2.24, 2.45) is 5.92 Å². The van der Waals surface area contributed by atoms with Crippen LogP contribution in [0.5, 0.6) is 0 Å². The third-order valence-corrected chi connectivity index (χ3v) is 2.74. The van der Waals surface area contributed by atoms with Gasteiger partial charge in [-0.1, -0.05) is 30.3 Å². The number of hydrogen-bond acceptors (Lipinski definition) is 5. The molecule has 0 N–H and O–H groups in total. The predicted octanol–water partition coefficient (Wildman–Crippen LogP) is 2.78. The van der Waals surface area contributed by atoms with Gasteiger partial charge in [0.2, 0.25) is 0 Å². The summed E-state index contributed by atoms with van der Waals surface area (Å²) in [5, 5.41) is 0. The van der Waals surface area contributed by atoms with Gasteiger partial charge in [-0.05, 0) is 27.7 Å². The second-order valence-corrected chi connectivity index (χ2v) is 5.83. The summed E-state index contributed by atoms with van der Waals surface area (Å²) >= 11 is 0. The molecule has 0 radical (unpaired) electrons. The van der Waals surface area contributed by atoms with Gasteiger partial charge in [0.05, 0.1) is 13.0 Å². The van der Waals surface area contributed by atoms with Crippen LogP contribution in [0.1, 0.15) is 44.5 Å². The van der Waals surface area contributed by atoms with Gasteiger partial charge in [-0.25, -0.2) is 0 Å². The lowest BCUT2D eigenvalue weighted by Gasteiger charge is -2.23. The molecule has 1 atom stereocenters. The molecule has 0 aliphatic carbocycles. The first-order chi connectivity index (χ1) is 10.2. The van der Waals surface area contributed by atoms with Crippen LogP contribution in [0.2, 0.25) is 0 Å². The summed E-state index contributed by atoms with van der Waals surface area (Å²) < 4.78 is 10.1. The number of carbonyl (C=O) groups is 3. The Labute approximate surface area is 130 Å². The van der Waals surface area contributed by atoms with Gasteiger partial charge in [0, 0.05) is 5.56 Å². The van der Waals surface area contributed by atoms with Gasteiger partial charge in [0.1, 0.15) is 11.5 Å². The van der Waals surface area contributed by atoms with E-state index in [1.165, 1.54) is 0 Å². The Balaban J connectivity index is 2.98. The molecule has 1 aromatic carbocycles. The molecule has 0 saturated heterocycles. The van der Waals surface area contributed by atoms with Crippen molar-refractivity contribution in [1.29, 1.82) is 0 Å². The number of hydrogen-bond donors (Lipinski definition) is 0. The van der Waals surface area contributed by atoms with Gasteiger partial charge < -0.3 is 9.47 Å². The van der Waals surface area contributed by atoms with E-state index >= 15 is 0 Å². The predicted molar refractivity (Wildman–Crippen MR) is 81.4 cm³/mol. The van der Waals surface area contributed by atoms with E-state index in [2.05, 4.69) is 0 Å². The van der Waals surface area contributed by atoms with Crippen molar-refractivity contribution in [3.05, 3.63) is 35.9 Å². The first-order valence-corrected chi connectivity index (χ1v) is 7.22. The first kappa shape index (κ1) is 17.9. The van der Waals surface area contributed by atoms with Crippen molar-refractivity contribution < 1.29 is 23.9 Å². The maximum Gasteiger partial charge on any atom is 0.317 e. The molecular weight excluding hydrogens is 284 g/mol. The minimum atomic E-state index is -1.19. The molecule has 1 rings (SSSR count). The highest BCUT2D eigenvalue weighted by molar-refractivity contribution is 6.10. The summed E-state index contributed by atoms with van der Waals surface area (Å²) in [7, 11) is 0. The number of rotatable bonds is 6. The van der Waals surface area contributed by atoms with Gasteiger partial charge in [0.15, 0.2) is 5.78 Å². The van der Waals surface area contributed by atoms with Crippen LogP contribution in [0.25, 0.3) is 0 Å². The zero-order valence-corrected chi connectivity index (χ0v) is 13.4. The highest BCUT2D eigenvalue weighted by Crippen LogP contribution is 2.19. The molecule has 0 fully saturated rings. The van der Waals surface area contributed by atoms with Gasteiger partial charge >= 0.3 is 11.9 Å². The Hall–Kier alpha value is -2.17. The molecule has 5 nitrogen and oxygen atoms in total. The van der Waals surface area contributed by atoms with Crippen LogP contribution in [-0.4, -0.2) is 29.9 Å². The monoisotopic (exact) mass is 306 g/mol. The second-order valence-electron chi connectivity index (χ2n) is 5.83. The van der Waals surface area contributed by atoms with E-state index in [4.69, 9.17) is 9.47 Å². The Morgan fingerprint density at radius 1 is 1.09 bits per heavy atom. The molecule has 0 aliphatic rings. The molecular formula is C17H22O5. The standard InChI is InChI=1S/C17H22O5/c1-5-21-14(18)11-13(16(20)22-17(2,3)4)15(19)12-9-7-6-8-10-12/h6-10,13H,5,11H2,1-4H3. The van der Waals surface area contributed by atoms with Crippen molar-refractivity contribution in [2.75, 3.05) is 6.61 Å². The highest BCUT2D eigenvalue weighted by Gasteiger charge is 2.34. The van der Waals surface area contributed by atoms with E-state index in [-0.39, 0.29) is 13.0 Å². The number of esters is 2. The molecule has 0 saturated carbocycles. The molecule has 1 unspecified atom stereocenters. The average molecular weight is 306 g/mol. The number of ketones is 1. The minimum Gasteiger partial charge on any atom is -0.466 e. The zero-order chi connectivity index (χ0) is 16.8. The van der Waals surface area contributed by atoms with E-state index in [1.807, 2.05) is 0 Å². The largest absolute Gasteiger partial charge is 0.466 e. The van der Waals surface area contributed by atoms with Crippen LogP contribution in [0, 0.1) is 5.92 Å². The molecule has 0 spiro atoms. The van der Waals surface area contributed by atoms with E-state index in [0.29, 0.717) is 5.56 Å². The third kappa shape index (κ3) is 5.68. The maximum atomic E-state index is 12.5. The second kappa shape index (κ2) is 7.73. The number of carbonyl (C=O) groups excluding carboxylic acids is 3. The van der Waals surface area contributed by atoms with E-state index in [0.717, 1.165) is 0 Å². The number of Topliss-reactive ketones (excluding diaryl/α,β-unsaturated/α-hetero) is 1. The fourth-order valence-electron chi connectivity index (χ4n) is 1.85. The number of ether oxygens (including phenoxy) is 2. The lowest BCUT2D eigenvalue weighted by Crippen LogP contribution is -2.34. The van der Waals surface area contributed by atoms with Crippen molar-refractivity contribution in [3.63, 3.8) is 0 Å². The Kier molecular flexibility index (Phi) is 6.28. The highest BCUT2D eigenvalue weighted by atomic mass is 16.6. The van der Waals surface area contributed by atoms with Gasteiger partial charge in [-0.2, -0.15) is 0 Å². The Bertz CT molecular complexity index is 528. The number of benzene rings is 1. The molecule has 5 heteroatoms. The van der Waals surface area contributed by atoms with E-state index < -0.39 is 29.2 Å². The summed E-state index contributed by atoms with van der Waals surface area (Å²) in [6, 6.07) is 8.37. The average Bonchev–Trinajstić information content (AvgIpc) is 2.43. The zero-order valence-electron chi connectivity index (χ0n) is 13.4. The van der Waals surface area contributed by atoms with Crippen molar-refractivity contribution >= 4 is 17.7 Å². The summed E-state index contributed by atoms with van der Waals surface area (Å²) in [6.45, 7) is 6.98. The molecule has 0 aromatic heterocycles. The van der Waals surface area contributed by atoms with Crippen LogP contribution >= 0.6 is 0 Å². The summed E-state index contributed by atoms with van der Waals surface area (Å²) in [6.07, 6.45) is -0.323. The van der Waals surface area contributed by atoms with Crippen LogP contribution in [0.3, 0.4) is 0 Å². The fourth-order valence-corrected chi connectivity index (χ4v) is 1.85. The molecule has 0 heterocycles. The molecule has 1 aromatic rings. The van der Waals surface area contributed by atoms with Crippen molar-refractivity contribution in [2.45, 2.75) is 39.7 Å². The molecule has 0 bridgehead atoms. The van der Waals surface area contributed by atoms with Crippen LogP contribution in [0.4, 0.5) is 0 Å². The van der Waals surface area contributed by atoms with Crippen molar-refractivity contribution in [1.82, 2.24) is 0 Å². The SMILES string of the molecule is CCOC(=O)CC(C(=O)OC(C)(C)C)C(=O)c1ccccc1. The smallest absolute Gasteiger partial charge is 0.317 e. The molecule has 0 aliphatic heterocycles.